The van der Waals surface area contributed by atoms with E-state index >= 15 is 0 Å². The molecule has 7 nitrogen and oxygen atoms in total. The number of rotatable bonds is 4. The van der Waals surface area contributed by atoms with E-state index in [-0.39, 0.29) is 12.0 Å². The Morgan fingerprint density at radius 1 is 1.43 bits per heavy atom. The summed E-state index contributed by atoms with van der Waals surface area (Å²) < 4.78 is 5.85. The van der Waals surface area contributed by atoms with Gasteiger partial charge in [0.2, 0.25) is 4.95 Å². The molecule has 0 spiro atoms. The molecule has 0 aliphatic rings. The van der Waals surface area contributed by atoms with E-state index in [1.54, 1.807) is 26.8 Å². The minimum Gasteiger partial charge on any atom is -0.479 e. The highest BCUT2D eigenvalue weighted by Crippen LogP contribution is 2.24. The zero-order chi connectivity index (χ0) is 17.3. The molecule has 0 fully saturated rings. The van der Waals surface area contributed by atoms with Gasteiger partial charge in [0.25, 0.3) is 5.56 Å². The lowest BCUT2D eigenvalue weighted by molar-refractivity contribution is -0.138. The van der Waals surface area contributed by atoms with E-state index in [1.807, 2.05) is 0 Å². The average Bonchev–Trinajstić information content (AvgIpc) is 2.46. The molecule has 1 heterocycles. The van der Waals surface area contributed by atoms with E-state index in [0.29, 0.717) is 22.1 Å². The van der Waals surface area contributed by atoms with Crippen molar-refractivity contribution in [2.75, 3.05) is 6.61 Å². The van der Waals surface area contributed by atoms with Gasteiger partial charge in [-0.1, -0.05) is 15.9 Å². The highest BCUT2D eigenvalue weighted by molar-refractivity contribution is 9.09. The van der Waals surface area contributed by atoms with Gasteiger partial charge in [-0.25, -0.2) is 14.3 Å². The van der Waals surface area contributed by atoms with Crippen molar-refractivity contribution < 1.29 is 19.4 Å². The Morgan fingerprint density at radius 2 is 2.09 bits per heavy atom. The van der Waals surface area contributed by atoms with Gasteiger partial charge in [-0.2, -0.15) is 5.10 Å². The van der Waals surface area contributed by atoms with Gasteiger partial charge < -0.3 is 9.84 Å². The standard InChI is InChI=1S/C15H15BrN2O5/c1-4-23-15(22)10-7(2)5-9-6-17-18(12(16)14(20)21)13(19)11(9)8(10)3/h5-6,12H,4H2,1-3H3,(H,20,21). The highest BCUT2D eigenvalue weighted by atomic mass is 79.9. The minimum absolute atomic E-state index is 0.221. The second kappa shape index (κ2) is 6.49. The van der Waals surface area contributed by atoms with Crippen LogP contribution in [0.15, 0.2) is 17.1 Å². The zero-order valence-corrected chi connectivity index (χ0v) is 14.4. The molecule has 1 atom stereocenters. The maximum absolute atomic E-state index is 12.6. The van der Waals surface area contributed by atoms with Crippen molar-refractivity contribution in [1.29, 1.82) is 0 Å². The van der Waals surface area contributed by atoms with Gasteiger partial charge in [0.05, 0.1) is 23.8 Å². The summed E-state index contributed by atoms with van der Waals surface area (Å²) in [7, 11) is 0. The number of aromatic nitrogens is 2. The number of carboxylic acids is 1. The topological polar surface area (TPSA) is 98.5 Å². The van der Waals surface area contributed by atoms with Crippen molar-refractivity contribution in [3.05, 3.63) is 39.3 Å². The number of halogens is 1. The summed E-state index contributed by atoms with van der Waals surface area (Å²) in [4.78, 5) is 34.5. The van der Waals surface area contributed by atoms with Crippen LogP contribution in [-0.2, 0) is 9.53 Å². The summed E-state index contributed by atoms with van der Waals surface area (Å²) in [5, 5.41) is 13.7. The Morgan fingerprint density at radius 3 is 2.65 bits per heavy atom. The molecule has 122 valence electrons. The minimum atomic E-state index is -1.29. The Hall–Kier alpha value is -2.22. The first-order valence-corrected chi connectivity index (χ1v) is 7.76. The van der Waals surface area contributed by atoms with Crippen LogP contribution >= 0.6 is 15.9 Å². The first-order valence-electron chi connectivity index (χ1n) is 6.85. The highest BCUT2D eigenvalue weighted by Gasteiger charge is 2.22. The molecule has 2 aromatic rings. The SMILES string of the molecule is CCOC(=O)c1c(C)cc2cnn(C(Br)C(=O)O)c(=O)c2c1C. The molecule has 1 N–H and O–H groups in total. The molecule has 0 saturated carbocycles. The van der Waals surface area contributed by atoms with E-state index in [4.69, 9.17) is 9.84 Å². The smallest absolute Gasteiger partial charge is 0.339 e. The predicted molar refractivity (Wildman–Crippen MR) is 87.0 cm³/mol. The second-order valence-electron chi connectivity index (χ2n) is 4.95. The number of aliphatic carboxylic acids is 1. The number of esters is 1. The zero-order valence-electron chi connectivity index (χ0n) is 12.8. The Bertz CT molecular complexity index is 859. The molecular formula is C15H15BrN2O5. The Kier molecular flexibility index (Phi) is 4.84. The van der Waals surface area contributed by atoms with E-state index < -0.39 is 22.4 Å². The molecule has 0 aliphatic carbocycles. The fraction of sp³-hybridized carbons (Fsp3) is 0.333. The lowest BCUT2D eigenvalue weighted by Crippen LogP contribution is -2.29. The number of nitrogens with zero attached hydrogens (tertiary/aromatic N) is 2. The van der Waals surface area contributed by atoms with Crippen LogP contribution in [0.1, 0.15) is 33.4 Å². The third-order valence-electron chi connectivity index (χ3n) is 3.45. The quantitative estimate of drug-likeness (QED) is 0.642. The van der Waals surface area contributed by atoms with Crippen LogP contribution in [0, 0.1) is 13.8 Å². The van der Waals surface area contributed by atoms with Crippen LogP contribution in [-0.4, -0.2) is 33.4 Å². The second-order valence-corrected chi connectivity index (χ2v) is 5.81. The summed E-state index contributed by atoms with van der Waals surface area (Å²) in [5.74, 6) is -1.75. The number of hydrogen-bond acceptors (Lipinski definition) is 5. The lowest BCUT2D eigenvalue weighted by Gasteiger charge is -2.14. The maximum Gasteiger partial charge on any atom is 0.339 e. The summed E-state index contributed by atoms with van der Waals surface area (Å²) in [6.45, 7) is 5.30. The molecule has 0 radical (unpaired) electrons. The average molecular weight is 383 g/mol. The van der Waals surface area contributed by atoms with Gasteiger partial charge in [-0.3, -0.25) is 4.79 Å². The summed E-state index contributed by atoms with van der Waals surface area (Å²) >= 11 is 2.91. The normalized spacial score (nSPS) is 12.2. The van der Waals surface area contributed by atoms with Crippen LogP contribution in [0.5, 0.6) is 0 Å². The number of carboxylic acid groups (broad SMARTS) is 1. The largest absolute Gasteiger partial charge is 0.479 e. The van der Waals surface area contributed by atoms with E-state index in [9.17, 15) is 14.4 Å². The van der Waals surface area contributed by atoms with Crippen molar-refractivity contribution in [3.8, 4) is 0 Å². The molecule has 23 heavy (non-hydrogen) atoms. The van der Waals surface area contributed by atoms with Crippen molar-refractivity contribution in [1.82, 2.24) is 9.78 Å². The van der Waals surface area contributed by atoms with Crippen LogP contribution in [0.25, 0.3) is 10.8 Å². The Balaban J connectivity index is 2.80. The van der Waals surface area contributed by atoms with Gasteiger partial charge in [-0.15, -0.1) is 0 Å². The number of aryl methyl sites for hydroxylation is 2. The third-order valence-corrected chi connectivity index (χ3v) is 4.23. The predicted octanol–water partition coefficient (Wildman–Crippen LogP) is 2.17. The lowest BCUT2D eigenvalue weighted by atomic mass is 9.97. The van der Waals surface area contributed by atoms with Gasteiger partial charge in [-0.05, 0) is 38.0 Å². The fourth-order valence-electron chi connectivity index (χ4n) is 2.48. The molecule has 0 bridgehead atoms. The maximum atomic E-state index is 12.6. The number of ether oxygens (including phenoxy) is 1. The molecule has 1 aromatic carbocycles. The number of carbonyl (C=O) groups is 2. The first kappa shape index (κ1) is 17.1. The van der Waals surface area contributed by atoms with Crippen LogP contribution in [0.4, 0.5) is 0 Å². The molecular weight excluding hydrogens is 368 g/mol. The molecule has 8 heteroatoms. The first-order chi connectivity index (χ1) is 10.8. The fourth-order valence-corrected chi connectivity index (χ4v) is 2.77. The molecule has 1 unspecified atom stereocenters. The number of alkyl halides is 1. The van der Waals surface area contributed by atoms with E-state index in [2.05, 4.69) is 21.0 Å². The van der Waals surface area contributed by atoms with Crippen molar-refractivity contribution in [3.63, 3.8) is 0 Å². The van der Waals surface area contributed by atoms with Gasteiger partial charge >= 0.3 is 11.9 Å². The molecule has 0 saturated heterocycles. The number of fused-ring (bicyclic) bond motifs is 1. The summed E-state index contributed by atoms with van der Waals surface area (Å²) in [5.41, 5.74) is 0.844. The van der Waals surface area contributed by atoms with Gasteiger partial charge in [0.1, 0.15) is 0 Å². The van der Waals surface area contributed by atoms with E-state index in [0.717, 1.165) is 4.68 Å². The van der Waals surface area contributed by atoms with Crippen molar-refractivity contribution in [2.24, 2.45) is 0 Å². The molecule has 1 aromatic heterocycles. The molecule has 2 rings (SSSR count). The number of hydrogen-bond donors (Lipinski definition) is 1. The van der Waals surface area contributed by atoms with Crippen LogP contribution in [0.3, 0.4) is 0 Å². The van der Waals surface area contributed by atoms with E-state index in [1.165, 1.54) is 6.20 Å². The summed E-state index contributed by atoms with van der Waals surface area (Å²) in [6.07, 6.45) is 1.41. The molecule has 0 aliphatic heterocycles. The third kappa shape index (κ3) is 2.98. The number of carbonyl (C=O) groups excluding carboxylic acids is 1. The number of benzene rings is 1. The van der Waals surface area contributed by atoms with Crippen LogP contribution in [0.2, 0.25) is 0 Å². The van der Waals surface area contributed by atoms with Crippen molar-refractivity contribution in [2.45, 2.75) is 25.7 Å². The molecule has 0 amide bonds. The summed E-state index contributed by atoms with van der Waals surface area (Å²) in [6, 6.07) is 1.66. The Labute approximate surface area is 140 Å². The van der Waals surface area contributed by atoms with Gasteiger partial charge in [0.15, 0.2) is 0 Å². The van der Waals surface area contributed by atoms with Gasteiger partial charge in [0, 0.05) is 5.39 Å². The van der Waals surface area contributed by atoms with Crippen molar-refractivity contribution >= 4 is 38.6 Å². The van der Waals surface area contributed by atoms with Crippen LogP contribution < -0.4 is 5.56 Å². The monoisotopic (exact) mass is 382 g/mol.